The van der Waals surface area contributed by atoms with Crippen LogP contribution in [0.25, 0.3) is 0 Å². The van der Waals surface area contributed by atoms with Gasteiger partial charge in [0.05, 0.1) is 6.61 Å². The number of halogens is 1. The quantitative estimate of drug-likeness (QED) is 0.529. The van der Waals surface area contributed by atoms with Crippen molar-refractivity contribution in [2.24, 2.45) is 4.99 Å². The molecule has 1 aromatic carbocycles. The molecule has 4 heteroatoms. The molecule has 13 heavy (non-hydrogen) atoms. The fraction of sp³-hybridized carbons (Fsp3) is 0.222. The third kappa shape index (κ3) is 2.39. The highest BCUT2D eigenvalue weighted by atomic mass is 19.1. The van der Waals surface area contributed by atoms with Crippen LogP contribution in [0.15, 0.2) is 23.2 Å². The van der Waals surface area contributed by atoms with E-state index in [-0.39, 0.29) is 5.69 Å². The molecule has 0 aliphatic rings. The molecule has 0 saturated carbocycles. The average Bonchev–Trinajstić information content (AvgIpc) is 2.10. The maximum absolute atomic E-state index is 12.7. The molecule has 0 spiro atoms. The highest BCUT2D eigenvalue weighted by Crippen LogP contribution is 2.27. The minimum Gasteiger partial charge on any atom is -0.492 e. The molecule has 0 unspecified atom stereocenters. The average molecular weight is 181 g/mol. The van der Waals surface area contributed by atoms with Gasteiger partial charge in [0.15, 0.2) is 0 Å². The van der Waals surface area contributed by atoms with Gasteiger partial charge in [-0.05, 0) is 19.1 Å². The monoisotopic (exact) mass is 181 g/mol. The lowest BCUT2D eigenvalue weighted by molar-refractivity contribution is 0.341. The van der Waals surface area contributed by atoms with E-state index < -0.39 is 5.82 Å². The van der Waals surface area contributed by atoms with Gasteiger partial charge >= 0.3 is 0 Å². The molecule has 0 aromatic heterocycles. The Morgan fingerprint density at radius 2 is 2.38 bits per heavy atom. The van der Waals surface area contributed by atoms with Crippen LogP contribution in [-0.2, 0) is 4.79 Å². The summed E-state index contributed by atoms with van der Waals surface area (Å²) >= 11 is 0. The molecule has 1 rings (SSSR count). The topological polar surface area (TPSA) is 38.7 Å². The second-order valence-corrected chi connectivity index (χ2v) is 2.25. The Hall–Kier alpha value is -1.67. The highest BCUT2D eigenvalue weighted by Gasteiger charge is 2.03. The maximum Gasteiger partial charge on any atom is 0.240 e. The van der Waals surface area contributed by atoms with E-state index in [1.807, 2.05) is 0 Å². The Labute approximate surface area is 74.9 Å². The summed E-state index contributed by atoms with van der Waals surface area (Å²) in [6.07, 6.45) is 1.34. The van der Waals surface area contributed by atoms with E-state index in [4.69, 9.17) is 4.74 Å². The lowest BCUT2D eigenvalue weighted by Crippen LogP contribution is -1.91. The molecule has 0 saturated heterocycles. The standard InChI is InChI=1S/C9H8FNO2/c1-2-13-9-4-3-7(10)5-8(9)11-6-12/h3-5H,2H2,1H3. The summed E-state index contributed by atoms with van der Waals surface area (Å²) < 4.78 is 17.8. The number of rotatable bonds is 3. The van der Waals surface area contributed by atoms with Crippen molar-refractivity contribution in [3.63, 3.8) is 0 Å². The summed E-state index contributed by atoms with van der Waals surface area (Å²) in [4.78, 5) is 13.3. The van der Waals surface area contributed by atoms with Gasteiger partial charge in [-0.25, -0.2) is 9.18 Å². The molecular formula is C9H8FNO2. The number of ether oxygens (including phenoxy) is 1. The van der Waals surface area contributed by atoms with Crippen LogP contribution in [0, 0.1) is 5.82 Å². The molecule has 0 radical (unpaired) electrons. The fourth-order valence-corrected chi connectivity index (χ4v) is 0.905. The Bertz CT molecular complexity index is 345. The van der Waals surface area contributed by atoms with Crippen molar-refractivity contribution in [3.05, 3.63) is 24.0 Å². The Morgan fingerprint density at radius 1 is 1.62 bits per heavy atom. The normalized spacial score (nSPS) is 9.08. The van der Waals surface area contributed by atoms with Crippen molar-refractivity contribution in [3.8, 4) is 5.75 Å². The predicted molar refractivity (Wildman–Crippen MR) is 45.4 cm³/mol. The van der Waals surface area contributed by atoms with Crippen molar-refractivity contribution < 1.29 is 13.9 Å². The van der Waals surface area contributed by atoms with Gasteiger partial charge in [0, 0.05) is 6.07 Å². The summed E-state index contributed by atoms with van der Waals surface area (Å²) in [6, 6.07) is 3.79. The number of hydrogen-bond donors (Lipinski definition) is 0. The third-order valence-corrected chi connectivity index (χ3v) is 1.39. The van der Waals surface area contributed by atoms with Gasteiger partial charge in [0.1, 0.15) is 17.3 Å². The van der Waals surface area contributed by atoms with Gasteiger partial charge in [-0.2, -0.15) is 4.99 Å². The lowest BCUT2D eigenvalue weighted by Gasteiger charge is -2.04. The number of benzene rings is 1. The van der Waals surface area contributed by atoms with Crippen LogP contribution >= 0.6 is 0 Å². The number of hydrogen-bond acceptors (Lipinski definition) is 3. The van der Waals surface area contributed by atoms with Crippen LogP contribution in [0.5, 0.6) is 5.75 Å². The Balaban J connectivity index is 3.10. The van der Waals surface area contributed by atoms with E-state index in [2.05, 4.69) is 4.99 Å². The Morgan fingerprint density at radius 3 is 3.00 bits per heavy atom. The third-order valence-electron chi connectivity index (χ3n) is 1.39. The van der Waals surface area contributed by atoms with Crippen molar-refractivity contribution in [2.75, 3.05) is 6.61 Å². The largest absolute Gasteiger partial charge is 0.492 e. The highest BCUT2D eigenvalue weighted by molar-refractivity contribution is 5.57. The zero-order valence-electron chi connectivity index (χ0n) is 7.08. The summed E-state index contributed by atoms with van der Waals surface area (Å²) in [7, 11) is 0. The van der Waals surface area contributed by atoms with Crippen LogP contribution in [0.3, 0.4) is 0 Å². The van der Waals surface area contributed by atoms with Gasteiger partial charge in [-0.3, -0.25) is 0 Å². The molecule has 0 N–H and O–H groups in total. The summed E-state index contributed by atoms with van der Waals surface area (Å²) in [5.74, 6) is -0.0790. The number of carbonyl (C=O) groups excluding carboxylic acids is 1. The van der Waals surface area contributed by atoms with E-state index in [9.17, 15) is 9.18 Å². The van der Waals surface area contributed by atoms with Crippen LogP contribution in [0.4, 0.5) is 10.1 Å². The van der Waals surface area contributed by atoms with Gasteiger partial charge in [-0.1, -0.05) is 0 Å². The first-order valence-corrected chi connectivity index (χ1v) is 3.78. The minimum absolute atomic E-state index is 0.164. The van der Waals surface area contributed by atoms with Gasteiger partial charge in [-0.15, -0.1) is 0 Å². The summed E-state index contributed by atoms with van der Waals surface area (Å²) in [6.45, 7) is 2.23. The van der Waals surface area contributed by atoms with Crippen molar-refractivity contribution in [1.82, 2.24) is 0 Å². The van der Waals surface area contributed by atoms with Crippen LogP contribution in [-0.4, -0.2) is 12.7 Å². The first-order valence-electron chi connectivity index (χ1n) is 3.78. The second-order valence-electron chi connectivity index (χ2n) is 2.25. The predicted octanol–water partition coefficient (Wildman–Crippen LogP) is 2.19. The lowest BCUT2D eigenvalue weighted by atomic mass is 10.3. The molecule has 68 valence electrons. The zero-order valence-corrected chi connectivity index (χ0v) is 7.08. The van der Waals surface area contributed by atoms with Crippen LogP contribution < -0.4 is 4.74 Å². The minimum atomic E-state index is -0.461. The van der Waals surface area contributed by atoms with E-state index in [0.717, 1.165) is 6.07 Å². The van der Waals surface area contributed by atoms with Crippen molar-refractivity contribution in [2.45, 2.75) is 6.92 Å². The van der Waals surface area contributed by atoms with Gasteiger partial charge < -0.3 is 4.74 Å². The van der Waals surface area contributed by atoms with Gasteiger partial charge in [0.2, 0.25) is 6.08 Å². The molecule has 0 amide bonds. The summed E-state index contributed by atoms with van der Waals surface area (Å²) in [5.41, 5.74) is 0.164. The van der Waals surface area contributed by atoms with Gasteiger partial charge in [0.25, 0.3) is 0 Å². The maximum atomic E-state index is 12.7. The molecule has 0 aliphatic heterocycles. The molecule has 0 fully saturated rings. The first-order chi connectivity index (χ1) is 6.27. The second kappa shape index (κ2) is 4.38. The smallest absolute Gasteiger partial charge is 0.240 e. The number of isocyanates is 1. The number of aliphatic imine (C=N–C) groups is 1. The van der Waals surface area contributed by atoms with Crippen molar-refractivity contribution in [1.29, 1.82) is 0 Å². The van der Waals surface area contributed by atoms with E-state index in [0.29, 0.717) is 12.4 Å². The molecule has 0 heterocycles. The molecule has 1 aromatic rings. The molecule has 0 aliphatic carbocycles. The first kappa shape index (κ1) is 9.42. The zero-order chi connectivity index (χ0) is 9.68. The molecular weight excluding hydrogens is 173 g/mol. The van der Waals surface area contributed by atoms with Crippen molar-refractivity contribution >= 4 is 11.8 Å². The fourth-order valence-electron chi connectivity index (χ4n) is 0.905. The molecule has 3 nitrogen and oxygen atoms in total. The molecule has 0 atom stereocenters. The van der Waals surface area contributed by atoms with E-state index in [1.165, 1.54) is 18.2 Å². The van der Waals surface area contributed by atoms with E-state index in [1.54, 1.807) is 6.92 Å². The van der Waals surface area contributed by atoms with E-state index >= 15 is 0 Å². The van der Waals surface area contributed by atoms with Crippen LogP contribution in [0.1, 0.15) is 6.92 Å². The Kier molecular flexibility index (Phi) is 3.17. The molecule has 0 bridgehead atoms. The SMILES string of the molecule is CCOc1ccc(F)cc1N=C=O. The number of nitrogens with zero attached hydrogens (tertiary/aromatic N) is 1. The summed E-state index contributed by atoms with van der Waals surface area (Å²) in [5, 5.41) is 0. The van der Waals surface area contributed by atoms with Crippen LogP contribution in [0.2, 0.25) is 0 Å².